The van der Waals surface area contributed by atoms with Gasteiger partial charge in [0, 0.05) is 0 Å². The van der Waals surface area contributed by atoms with Gasteiger partial charge in [0.05, 0.1) is 31.7 Å². The van der Waals surface area contributed by atoms with Gasteiger partial charge in [0.1, 0.15) is 5.75 Å². The Kier molecular flexibility index (Phi) is 4.65. The SMILES string of the molecule is CCCC1(O)CN(C(=O)CCOc2cccc(C)c2)C1. The quantitative estimate of drug-likeness (QED) is 0.866. The number of carbonyl (C=O) groups is 1. The molecule has 0 unspecified atom stereocenters. The zero-order valence-corrected chi connectivity index (χ0v) is 12.3. The summed E-state index contributed by atoms with van der Waals surface area (Å²) in [6.45, 7) is 5.35. The number of hydrogen-bond acceptors (Lipinski definition) is 3. The predicted molar refractivity (Wildman–Crippen MR) is 77.7 cm³/mol. The molecule has 1 N–H and O–H groups in total. The molecule has 0 radical (unpaired) electrons. The number of likely N-dealkylation sites (tertiary alicyclic amines) is 1. The van der Waals surface area contributed by atoms with Gasteiger partial charge in [0.2, 0.25) is 5.91 Å². The highest BCUT2D eigenvalue weighted by Gasteiger charge is 2.42. The van der Waals surface area contributed by atoms with E-state index in [-0.39, 0.29) is 5.91 Å². The Bertz CT molecular complexity index is 467. The summed E-state index contributed by atoms with van der Waals surface area (Å²) in [5, 5.41) is 10.0. The largest absolute Gasteiger partial charge is 0.493 e. The minimum Gasteiger partial charge on any atom is -0.493 e. The molecule has 1 fully saturated rings. The van der Waals surface area contributed by atoms with E-state index in [2.05, 4.69) is 0 Å². The van der Waals surface area contributed by atoms with Gasteiger partial charge in [-0.05, 0) is 31.0 Å². The van der Waals surface area contributed by atoms with Crippen molar-refractivity contribution in [3.8, 4) is 5.75 Å². The van der Waals surface area contributed by atoms with E-state index in [0.29, 0.717) is 26.1 Å². The van der Waals surface area contributed by atoms with E-state index in [0.717, 1.165) is 24.2 Å². The number of aliphatic hydroxyl groups is 1. The van der Waals surface area contributed by atoms with Gasteiger partial charge in [-0.15, -0.1) is 0 Å². The molecular weight excluding hydrogens is 254 g/mol. The molecule has 0 aliphatic carbocycles. The fraction of sp³-hybridized carbons (Fsp3) is 0.562. The van der Waals surface area contributed by atoms with Gasteiger partial charge in [-0.3, -0.25) is 4.79 Å². The number of rotatable bonds is 6. The number of ether oxygens (including phenoxy) is 1. The summed E-state index contributed by atoms with van der Waals surface area (Å²) in [6.07, 6.45) is 2.06. The molecule has 1 aromatic carbocycles. The molecule has 0 saturated carbocycles. The van der Waals surface area contributed by atoms with Crippen LogP contribution in [-0.2, 0) is 4.79 Å². The maximum atomic E-state index is 11.9. The van der Waals surface area contributed by atoms with Crippen molar-refractivity contribution < 1.29 is 14.6 Å². The summed E-state index contributed by atoms with van der Waals surface area (Å²) in [6, 6.07) is 7.79. The molecule has 1 aromatic rings. The van der Waals surface area contributed by atoms with Gasteiger partial charge < -0.3 is 14.7 Å². The molecular formula is C16H23NO3. The van der Waals surface area contributed by atoms with Crippen LogP contribution >= 0.6 is 0 Å². The van der Waals surface area contributed by atoms with Gasteiger partial charge in [-0.2, -0.15) is 0 Å². The lowest BCUT2D eigenvalue weighted by molar-refractivity contribution is -0.157. The van der Waals surface area contributed by atoms with Crippen molar-refractivity contribution in [2.45, 2.75) is 38.7 Å². The van der Waals surface area contributed by atoms with Crippen molar-refractivity contribution >= 4 is 5.91 Å². The maximum absolute atomic E-state index is 11.9. The van der Waals surface area contributed by atoms with Gasteiger partial charge in [0.15, 0.2) is 0 Å². The minimum absolute atomic E-state index is 0.0541. The number of aryl methyl sites for hydroxylation is 1. The molecule has 1 saturated heterocycles. The smallest absolute Gasteiger partial charge is 0.226 e. The number of amides is 1. The molecule has 0 bridgehead atoms. The molecule has 110 valence electrons. The zero-order valence-electron chi connectivity index (χ0n) is 12.3. The van der Waals surface area contributed by atoms with E-state index < -0.39 is 5.60 Å². The average molecular weight is 277 g/mol. The fourth-order valence-electron chi connectivity index (χ4n) is 2.58. The predicted octanol–water partition coefficient (Wildman–Crippen LogP) is 2.14. The number of nitrogens with zero attached hydrogens (tertiary/aromatic N) is 1. The number of β-amino-alcohol motifs (C(OH)–C–C–N with tert-alkyl or cyclic N) is 1. The normalized spacial score (nSPS) is 16.6. The second-order valence-corrected chi connectivity index (χ2v) is 5.64. The van der Waals surface area contributed by atoms with E-state index in [4.69, 9.17) is 4.74 Å². The highest BCUT2D eigenvalue weighted by Crippen LogP contribution is 2.26. The summed E-state index contributed by atoms with van der Waals surface area (Å²) in [4.78, 5) is 13.6. The second kappa shape index (κ2) is 6.27. The number of hydrogen-bond donors (Lipinski definition) is 1. The van der Waals surface area contributed by atoms with Crippen LogP contribution in [0, 0.1) is 6.92 Å². The third-order valence-corrected chi connectivity index (χ3v) is 3.61. The summed E-state index contributed by atoms with van der Waals surface area (Å²) in [5.41, 5.74) is 0.489. The van der Waals surface area contributed by atoms with Crippen LogP contribution in [0.2, 0.25) is 0 Å². The van der Waals surface area contributed by atoms with Gasteiger partial charge in [0.25, 0.3) is 0 Å². The van der Waals surface area contributed by atoms with E-state index in [9.17, 15) is 9.90 Å². The number of carbonyl (C=O) groups excluding carboxylic acids is 1. The average Bonchev–Trinajstić information content (AvgIpc) is 2.36. The molecule has 2 rings (SSSR count). The van der Waals surface area contributed by atoms with Crippen LogP contribution in [-0.4, -0.2) is 41.2 Å². The first kappa shape index (κ1) is 14.9. The van der Waals surface area contributed by atoms with E-state index >= 15 is 0 Å². The lowest BCUT2D eigenvalue weighted by Gasteiger charge is -2.46. The molecule has 0 spiro atoms. The Hall–Kier alpha value is -1.55. The monoisotopic (exact) mass is 277 g/mol. The van der Waals surface area contributed by atoms with Crippen LogP contribution in [0.3, 0.4) is 0 Å². The molecule has 1 aliphatic rings. The minimum atomic E-state index is -0.651. The summed E-state index contributed by atoms with van der Waals surface area (Å²) < 4.78 is 5.57. The highest BCUT2D eigenvalue weighted by atomic mass is 16.5. The second-order valence-electron chi connectivity index (χ2n) is 5.64. The van der Waals surface area contributed by atoms with Crippen molar-refractivity contribution in [3.05, 3.63) is 29.8 Å². The molecule has 1 aliphatic heterocycles. The standard InChI is InChI=1S/C16H23NO3/c1-3-8-16(19)11-17(12-16)15(18)7-9-20-14-6-4-5-13(2)10-14/h4-6,10,19H,3,7-9,11-12H2,1-2H3. The van der Waals surface area contributed by atoms with Crippen LogP contribution in [0.15, 0.2) is 24.3 Å². The van der Waals surface area contributed by atoms with E-state index in [1.54, 1.807) is 4.90 Å². The van der Waals surface area contributed by atoms with Crippen LogP contribution in [0.5, 0.6) is 5.75 Å². The maximum Gasteiger partial charge on any atom is 0.226 e. The summed E-state index contributed by atoms with van der Waals surface area (Å²) in [7, 11) is 0. The molecule has 0 atom stereocenters. The highest BCUT2D eigenvalue weighted by molar-refractivity contribution is 5.77. The molecule has 0 aromatic heterocycles. The zero-order chi connectivity index (χ0) is 14.6. The topological polar surface area (TPSA) is 49.8 Å². The van der Waals surface area contributed by atoms with Crippen molar-refractivity contribution in [2.24, 2.45) is 0 Å². The van der Waals surface area contributed by atoms with Gasteiger partial charge in [-0.1, -0.05) is 25.5 Å². The van der Waals surface area contributed by atoms with Crippen molar-refractivity contribution in [3.63, 3.8) is 0 Å². The third-order valence-electron chi connectivity index (χ3n) is 3.61. The summed E-state index contributed by atoms with van der Waals surface area (Å²) >= 11 is 0. The molecule has 4 nitrogen and oxygen atoms in total. The Labute approximate surface area is 120 Å². The number of benzene rings is 1. The van der Waals surface area contributed by atoms with Crippen LogP contribution in [0.1, 0.15) is 31.7 Å². The molecule has 4 heteroatoms. The fourth-order valence-corrected chi connectivity index (χ4v) is 2.58. The Morgan fingerprint density at radius 2 is 2.20 bits per heavy atom. The van der Waals surface area contributed by atoms with Crippen LogP contribution < -0.4 is 4.74 Å². The lowest BCUT2D eigenvalue weighted by atomic mass is 9.89. The van der Waals surface area contributed by atoms with Crippen molar-refractivity contribution in [2.75, 3.05) is 19.7 Å². The Balaban J connectivity index is 1.69. The Morgan fingerprint density at radius 3 is 2.85 bits per heavy atom. The molecule has 1 heterocycles. The van der Waals surface area contributed by atoms with Crippen LogP contribution in [0.25, 0.3) is 0 Å². The van der Waals surface area contributed by atoms with Gasteiger partial charge >= 0.3 is 0 Å². The van der Waals surface area contributed by atoms with Crippen molar-refractivity contribution in [1.82, 2.24) is 4.90 Å². The third kappa shape index (κ3) is 3.73. The first-order chi connectivity index (χ1) is 9.52. The first-order valence-corrected chi connectivity index (χ1v) is 7.22. The Morgan fingerprint density at radius 1 is 1.45 bits per heavy atom. The van der Waals surface area contributed by atoms with E-state index in [1.807, 2.05) is 38.1 Å². The first-order valence-electron chi connectivity index (χ1n) is 7.22. The van der Waals surface area contributed by atoms with Crippen molar-refractivity contribution in [1.29, 1.82) is 0 Å². The van der Waals surface area contributed by atoms with E-state index in [1.165, 1.54) is 0 Å². The lowest BCUT2D eigenvalue weighted by Crippen LogP contribution is -2.63. The molecule has 1 amide bonds. The summed E-state index contributed by atoms with van der Waals surface area (Å²) in [5.74, 6) is 0.849. The van der Waals surface area contributed by atoms with Crippen LogP contribution in [0.4, 0.5) is 0 Å². The van der Waals surface area contributed by atoms with Gasteiger partial charge in [-0.25, -0.2) is 0 Å². The molecule has 20 heavy (non-hydrogen) atoms.